The molecule has 4 aromatic rings. The van der Waals surface area contributed by atoms with Crippen molar-refractivity contribution < 1.29 is 4.74 Å². The number of H-pyrrole nitrogens is 1. The summed E-state index contributed by atoms with van der Waals surface area (Å²) in [4.78, 5) is 16.3. The first-order valence-corrected chi connectivity index (χ1v) is 11.1. The van der Waals surface area contributed by atoms with Gasteiger partial charge in [0.2, 0.25) is 5.95 Å². The molecule has 4 heterocycles. The Bertz CT molecular complexity index is 1140. The Morgan fingerprint density at radius 3 is 2.67 bits per heavy atom. The first-order chi connectivity index (χ1) is 14.7. The zero-order valence-electron chi connectivity index (χ0n) is 17.2. The van der Waals surface area contributed by atoms with Crippen LogP contribution in [0, 0.1) is 6.92 Å². The SMILES string of the molecule is Cc1csc(-c2nc(Nc3ccc(C(C)N4CCOCC4)cc3)nc3[nH]ccc23)c1. The number of nitrogens with one attached hydrogen (secondary N) is 2. The first-order valence-electron chi connectivity index (χ1n) is 10.3. The molecule has 0 saturated carbocycles. The summed E-state index contributed by atoms with van der Waals surface area (Å²) in [5, 5.41) is 6.57. The summed E-state index contributed by atoms with van der Waals surface area (Å²) in [6.45, 7) is 7.95. The van der Waals surface area contributed by atoms with Crippen LogP contribution in [0.5, 0.6) is 0 Å². The lowest BCUT2D eigenvalue weighted by molar-refractivity contribution is 0.0198. The molecule has 154 valence electrons. The van der Waals surface area contributed by atoms with Crippen molar-refractivity contribution in [2.45, 2.75) is 19.9 Å². The van der Waals surface area contributed by atoms with Gasteiger partial charge in [0, 0.05) is 36.4 Å². The second-order valence-electron chi connectivity index (χ2n) is 7.70. The predicted molar refractivity (Wildman–Crippen MR) is 122 cm³/mol. The van der Waals surface area contributed by atoms with Crippen molar-refractivity contribution in [2.24, 2.45) is 0 Å². The summed E-state index contributed by atoms with van der Waals surface area (Å²) in [7, 11) is 0. The smallest absolute Gasteiger partial charge is 0.229 e. The van der Waals surface area contributed by atoms with Gasteiger partial charge in [-0.1, -0.05) is 12.1 Å². The van der Waals surface area contributed by atoms with Crippen LogP contribution in [0.4, 0.5) is 11.6 Å². The molecule has 30 heavy (non-hydrogen) atoms. The topological polar surface area (TPSA) is 66.1 Å². The van der Waals surface area contributed by atoms with Crippen molar-refractivity contribution in [1.29, 1.82) is 0 Å². The summed E-state index contributed by atoms with van der Waals surface area (Å²) in [5.41, 5.74) is 5.33. The van der Waals surface area contributed by atoms with Crippen molar-refractivity contribution in [3.8, 4) is 10.6 Å². The fourth-order valence-electron chi connectivity index (χ4n) is 3.89. The van der Waals surface area contributed by atoms with Crippen LogP contribution in [-0.4, -0.2) is 46.2 Å². The number of aromatic nitrogens is 3. The van der Waals surface area contributed by atoms with E-state index in [0.717, 1.165) is 53.6 Å². The largest absolute Gasteiger partial charge is 0.379 e. The van der Waals surface area contributed by atoms with Gasteiger partial charge in [0.25, 0.3) is 0 Å². The molecule has 1 atom stereocenters. The van der Waals surface area contributed by atoms with E-state index in [1.807, 2.05) is 12.3 Å². The maximum atomic E-state index is 5.47. The summed E-state index contributed by atoms with van der Waals surface area (Å²) < 4.78 is 5.47. The van der Waals surface area contributed by atoms with Crippen LogP contribution in [0.3, 0.4) is 0 Å². The minimum Gasteiger partial charge on any atom is -0.379 e. The quantitative estimate of drug-likeness (QED) is 0.469. The lowest BCUT2D eigenvalue weighted by Crippen LogP contribution is -2.37. The summed E-state index contributed by atoms with van der Waals surface area (Å²) in [6, 6.07) is 13.1. The van der Waals surface area contributed by atoms with Gasteiger partial charge in [-0.3, -0.25) is 4.90 Å². The molecule has 0 bridgehead atoms. The van der Waals surface area contributed by atoms with Crippen LogP contribution < -0.4 is 5.32 Å². The molecule has 6 nitrogen and oxygen atoms in total. The molecule has 0 radical (unpaired) electrons. The van der Waals surface area contributed by atoms with Crippen LogP contribution in [0.25, 0.3) is 21.6 Å². The maximum Gasteiger partial charge on any atom is 0.229 e. The normalized spacial score (nSPS) is 16.1. The van der Waals surface area contributed by atoms with Gasteiger partial charge in [0.15, 0.2) is 0 Å². The molecule has 3 aromatic heterocycles. The minimum atomic E-state index is 0.378. The van der Waals surface area contributed by atoms with Crippen molar-refractivity contribution >= 4 is 34.0 Å². The van der Waals surface area contributed by atoms with E-state index >= 15 is 0 Å². The Morgan fingerprint density at radius 1 is 1.13 bits per heavy atom. The Kier molecular flexibility index (Phi) is 5.25. The molecule has 1 aromatic carbocycles. The molecule has 1 unspecified atom stereocenters. The average molecular weight is 420 g/mol. The van der Waals surface area contributed by atoms with Crippen molar-refractivity contribution in [3.05, 3.63) is 59.1 Å². The van der Waals surface area contributed by atoms with Crippen LogP contribution in [0.2, 0.25) is 0 Å². The molecule has 0 spiro atoms. The number of fused-ring (bicyclic) bond motifs is 1. The zero-order valence-corrected chi connectivity index (χ0v) is 18.0. The highest BCUT2D eigenvalue weighted by Gasteiger charge is 2.18. The van der Waals surface area contributed by atoms with Gasteiger partial charge in [-0.25, -0.2) is 4.98 Å². The van der Waals surface area contributed by atoms with Crippen LogP contribution in [0.15, 0.2) is 48.0 Å². The van der Waals surface area contributed by atoms with E-state index in [1.54, 1.807) is 11.3 Å². The lowest BCUT2D eigenvalue weighted by Gasteiger charge is -2.32. The van der Waals surface area contributed by atoms with E-state index in [1.165, 1.54) is 11.1 Å². The lowest BCUT2D eigenvalue weighted by atomic mass is 10.1. The standard InChI is InChI=1S/C23H25N5OS/c1-15-13-20(30-14-15)21-19-7-8-24-22(19)27-23(26-21)25-18-5-3-17(4-6-18)16(2)28-9-11-29-12-10-28/h3-8,13-14,16H,9-12H2,1-2H3,(H2,24,25,26,27). The Hall–Kier alpha value is -2.74. The number of benzene rings is 1. The second kappa shape index (κ2) is 8.18. The number of thiophene rings is 1. The van der Waals surface area contributed by atoms with Crippen LogP contribution in [-0.2, 0) is 4.74 Å². The molecule has 1 aliphatic heterocycles. The third-order valence-electron chi connectivity index (χ3n) is 5.62. The summed E-state index contributed by atoms with van der Waals surface area (Å²) in [5.74, 6) is 0.597. The second-order valence-corrected chi connectivity index (χ2v) is 8.61. The molecule has 0 amide bonds. The Labute approximate surface area is 179 Å². The van der Waals surface area contributed by atoms with Gasteiger partial charge in [-0.05, 0) is 54.6 Å². The number of anilines is 2. The fourth-order valence-corrected chi connectivity index (χ4v) is 4.79. The van der Waals surface area contributed by atoms with Crippen molar-refractivity contribution in [2.75, 3.05) is 31.6 Å². The van der Waals surface area contributed by atoms with Crippen LogP contribution >= 0.6 is 11.3 Å². The van der Waals surface area contributed by atoms with E-state index in [9.17, 15) is 0 Å². The van der Waals surface area contributed by atoms with Crippen molar-refractivity contribution in [1.82, 2.24) is 19.9 Å². The molecule has 0 aliphatic carbocycles. The monoisotopic (exact) mass is 419 g/mol. The Balaban J connectivity index is 1.39. The average Bonchev–Trinajstić information content (AvgIpc) is 3.43. The highest BCUT2D eigenvalue weighted by Crippen LogP contribution is 2.32. The third-order valence-corrected chi connectivity index (χ3v) is 6.68. The third kappa shape index (κ3) is 3.84. The zero-order chi connectivity index (χ0) is 20.5. The highest BCUT2D eigenvalue weighted by molar-refractivity contribution is 7.13. The van der Waals surface area contributed by atoms with Crippen molar-refractivity contribution in [3.63, 3.8) is 0 Å². The number of hydrogen-bond donors (Lipinski definition) is 2. The van der Waals surface area contributed by atoms with Gasteiger partial charge < -0.3 is 15.0 Å². The van der Waals surface area contributed by atoms with Crippen LogP contribution in [0.1, 0.15) is 24.1 Å². The minimum absolute atomic E-state index is 0.378. The van der Waals surface area contributed by atoms with Gasteiger partial charge in [-0.15, -0.1) is 11.3 Å². The first kappa shape index (κ1) is 19.2. The Morgan fingerprint density at radius 2 is 1.93 bits per heavy atom. The molecule has 2 N–H and O–H groups in total. The number of rotatable bonds is 5. The molecule has 1 aliphatic rings. The fraction of sp³-hybridized carbons (Fsp3) is 0.304. The maximum absolute atomic E-state index is 5.47. The van der Waals surface area contributed by atoms with Gasteiger partial charge in [-0.2, -0.15) is 4.98 Å². The van der Waals surface area contributed by atoms with Gasteiger partial charge in [0.05, 0.1) is 23.8 Å². The molecule has 5 rings (SSSR count). The number of ether oxygens (including phenoxy) is 1. The number of nitrogens with zero attached hydrogens (tertiary/aromatic N) is 3. The van der Waals surface area contributed by atoms with Gasteiger partial charge >= 0.3 is 0 Å². The highest BCUT2D eigenvalue weighted by atomic mass is 32.1. The van der Waals surface area contributed by atoms with E-state index in [4.69, 9.17) is 9.72 Å². The predicted octanol–water partition coefficient (Wildman–Crippen LogP) is 5.13. The molecule has 7 heteroatoms. The number of hydrogen-bond acceptors (Lipinski definition) is 6. The molecular formula is C23H25N5OS. The number of aryl methyl sites for hydroxylation is 1. The van der Waals surface area contributed by atoms with E-state index in [0.29, 0.717) is 12.0 Å². The van der Waals surface area contributed by atoms with Gasteiger partial charge in [0.1, 0.15) is 5.65 Å². The number of aromatic amines is 1. The molecule has 1 saturated heterocycles. The molecular weight excluding hydrogens is 394 g/mol. The summed E-state index contributed by atoms with van der Waals surface area (Å²) >= 11 is 1.71. The van der Waals surface area contributed by atoms with E-state index in [-0.39, 0.29) is 0 Å². The summed E-state index contributed by atoms with van der Waals surface area (Å²) in [6.07, 6.45) is 1.91. The number of morpholine rings is 1. The van der Waals surface area contributed by atoms with E-state index < -0.39 is 0 Å². The van der Waals surface area contributed by atoms with E-state index in [2.05, 4.69) is 69.7 Å². The molecule has 1 fully saturated rings.